The molecule has 6 nitrogen and oxygen atoms in total. The first kappa shape index (κ1) is 21.3. The Hall–Kier alpha value is -2.41. The topological polar surface area (TPSA) is 48.7 Å². The van der Waals surface area contributed by atoms with Crippen molar-refractivity contribution in [3.63, 3.8) is 0 Å². The molecule has 158 valence electrons. The maximum absolute atomic E-state index is 13.1. The summed E-state index contributed by atoms with van der Waals surface area (Å²) < 4.78 is 15.3. The second kappa shape index (κ2) is 10.4. The monoisotopic (exact) mass is 400 g/mol. The zero-order chi connectivity index (χ0) is 20.6. The molecule has 2 heterocycles. The predicted molar refractivity (Wildman–Crippen MR) is 115 cm³/mol. The lowest BCUT2D eigenvalue weighted by molar-refractivity contribution is 0.189. The molecule has 1 aliphatic heterocycles. The van der Waals surface area contributed by atoms with Crippen molar-refractivity contribution >= 4 is 5.96 Å². The van der Waals surface area contributed by atoms with E-state index in [4.69, 9.17) is 4.99 Å². The average Bonchev–Trinajstić information content (AvgIpc) is 3.24. The standard InChI is InChI=1S/C22H33FN6/c1-4-25-22(26-11-13-27(3)15-19-5-7-20(23)8-6-19)28-12-9-18(2)21(16-28)29-14-10-24-17-29/h5-8,10,14,17-18,21H,4,9,11-13,15-16H2,1-3H3,(H,25,26). The lowest BCUT2D eigenvalue weighted by Crippen LogP contribution is -2.49. The molecular weight excluding hydrogens is 367 g/mol. The number of guanidine groups is 1. The first-order valence-corrected chi connectivity index (χ1v) is 10.5. The molecule has 1 N–H and O–H groups in total. The van der Waals surface area contributed by atoms with E-state index in [-0.39, 0.29) is 5.82 Å². The summed E-state index contributed by atoms with van der Waals surface area (Å²) in [6, 6.07) is 7.11. The Bertz CT molecular complexity index is 758. The molecule has 1 aromatic carbocycles. The SMILES string of the molecule is CCNC(=NCCN(C)Cc1ccc(F)cc1)N1CCC(C)C(n2ccnc2)C1. The van der Waals surface area contributed by atoms with Gasteiger partial charge in [0.05, 0.1) is 18.9 Å². The number of nitrogens with one attached hydrogen (secondary N) is 1. The molecule has 2 aromatic rings. The molecule has 0 saturated carbocycles. The Labute approximate surface area is 173 Å². The van der Waals surface area contributed by atoms with Crippen LogP contribution in [0.4, 0.5) is 4.39 Å². The fraction of sp³-hybridized carbons (Fsp3) is 0.545. The number of hydrogen-bond donors (Lipinski definition) is 1. The lowest BCUT2D eigenvalue weighted by atomic mass is 9.93. The Kier molecular flexibility index (Phi) is 7.63. The smallest absolute Gasteiger partial charge is 0.194 e. The third-order valence-electron chi connectivity index (χ3n) is 5.57. The van der Waals surface area contributed by atoms with Crippen LogP contribution in [0.5, 0.6) is 0 Å². The maximum Gasteiger partial charge on any atom is 0.194 e. The Balaban J connectivity index is 1.56. The molecule has 1 aromatic heterocycles. The highest BCUT2D eigenvalue weighted by atomic mass is 19.1. The number of imidazole rings is 1. The van der Waals surface area contributed by atoms with Gasteiger partial charge in [0.25, 0.3) is 0 Å². The summed E-state index contributed by atoms with van der Waals surface area (Å²) in [6.07, 6.45) is 6.96. The van der Waals surface area contributed by atoms with Gasteiger partial charge in [-0.05, 0) is 44.0 Å². The van der Waals surface area contributed by atoms with Crippen molar-refractivity contribution in [2.24, 2.45) is 10.9 Å². The van der Waals surface area contributed by atoms with Crippen LogP contribution in [-0.2, 0) is 6.54 Å². The van der Waals surface area contributed by atoms with Crippen LogP contribution < -0.4 is 5.32 Å². The van der Waals surface area contributed by atoms with Crippen molar-refractivity contribution in [1.29, 1.82) is 0 Å². The van der Waals surface area contributed by atoms with Gasteiger partial charge in [-0.2, -0.15) is 0 Å². The van der Waals surface area contributed by atoms with Gasteiger partial charge in [0.1, 0.15) is 5.82 Å². The maximum atomic E-state index is 13.1. The second-order valence-electron chi connectivity index (χ2n) is 7.89. The molecule has 0 radical (unpaired) electrons. The minimum absolute atomic E-state index is 0.193. The highest BCUT2D eigenvalue weighted by Gasteiger charge is 2.28. The number of likely N-dealkylation sites (N-methyl/N-ethyl adjacent to an activating group) is 1. The van der Waals surface area contributed by atoms with Crippen LogP contribution in [0, 0.1) is 11.7 Å². The van der Waals surface area contributed by atoms with Crippen molar-refractivity contribution in [3.8, 4) is 0 Å². The molecule has 1 aliphatic rings. The highest BCUT2D eigenvalue weighted by Crippen LogP contribution is 2.27. The van der Waals surface area contributed by atoms with E-state index in [9.17, 15) is 4.39 Å². The molecule has 2 atom stereocenters. The number of hydrogen-bond acceptors (Lipinski definition) is 3. The Morgan fingerprint density at radius 1 is 1.34 bits per heavy atom. The summed E-state index contributed by atoms with van der Waals surface area (Å²) in [5.74, 6) is 1.41. The van der Waals surface area contributed by atoms with Crippen LogP contribution in [0.2, 0.25) is 0 Å². The highest BCUT2D eigenvalue weighted by molar-refractivity contribution is 5.80. The molecule has 0 aliphatic carbocycles. The van der Waals surface area contributed by atoms with Crippen molar-refractivity contribution < 1.29 is 4.39 Å². The van der Waals surface area contributed by atoms with Gasteiger partial charge in [-0.15, -0.1) is 0 Å². The van der Waals surface area contributed by atoms with Crippen LogP contribution >= 0.6 is 0 Å². The molecule has 7 heteroatoms. The van der Waals surface area contributed by atoms with Crippen LogP contribution in [0.25, 0.3) is 0 Å². The third-order valence-corrected chi connectivity index (χ3v) is 5.57. The first-order chi connectivity index (χ1) is 14.1. The van der Waals surface area contributed by atoms with Crippen molar-refractivity contribution in [3.05, 3.63) is 54.4 Å². The van der Waals surface area contributed by atoms with E-state index >= 15 is 0 Å². The zero-order valence-electron chi connectivity index (χ0n) is 17.8. The number of halogens is 1. The van der Waals surface area contributed by atoms with E-state index in [1.54, 1.807) is 0 Å². The van der Waals surface area contributed by atoms with E-state index in [1.165, 1.54) is 12.1 Å². The molecule has 0 bridgehead atoms. The van der Waals surface area contributed by atoms with Gasteiger partial charge in [-0.3, -0.25) is 4.99 Å². The molecule has 0 amide bonds. The van der Waals surface area contributed by atoms with E-state index in [0.29, 0.717) is 12.0 Å². The first-order valence-electron chi connectivity index (χ1n) is 10.5. The van der Waals surface area contributed by atoms with E-state index in [2.05, 4.69) is 51.8 Å². The molecular formula is C22H33FN6. The van der Waals surface area contributed by atoms with Crippen LogP contribution in [0.1, 0.15) is 31.9 Å². The van der Waals surface area contributed by atoms with Crippen molar-refractivity contribution in [1.82, 2.24) is 24.7 Å². The molecule has 0 spiro atoms. The summed E-state index contributed by atoms with van der Waals surface area (Å²) in [5.41, 5.74) is 1.11. The minimum atomic E-state index is -0.193. The summed E-state index contributed by atoms with van der Waals surface area (Å²) >= 11 is 0. The van der Waals surface area contributed by atoms with Crippen LogP contribution in [0.15, 0.2) is 48.0 Å². The minimum Gasteiger partial charge on any atom is -0.357 e. The van der Waals surface area contributed by atoms with E-state index in [1.807, 2.05) is 24.7 Å². The number of nitrogens with zero attached hydrogens (tertiary/aromatic N) is 5. The van der Waals surface area contributed by atoms with Crippen molar-refractivity contribution in [2.45, 2.75) is 32.9 Å². The molecule has 2 unspecified atom stereocenters. The summed E-state index contributed by atoms with van der Waals surface area (Å²) in [5, 5.41) is 3.45. The fourth-order valence-electron chi connectivity index (χ4n) is 3.83. The fourth-order valence-corrected chi connectivity index (χ4v) is 3.83. The number of likely N-dealkylation sites (tertiary alicyclic amines) is 1. The van der Waals surface area contributed by atoms with Gasteiger partial charge >= 0.3 is 0 Å². The number of piperidine rings is 1. The van der Waals surface area contributed by atoms with Gasteiger partial charge in [-0.25, -0.2) is 9.37 Å². The largest absolute Gasteiger partial charge is 0.357 e. The Morgan fingerprint density at radius 2 is 2.14 bits per heavy atom. The Morgan fingerprint density at radius 3 is 2.83 bits per heavy atom. The van der Waals surface area contributed by atoms with Crippen LogP contribution in [0.3, 0.4) is 0 Å². The molecule has 1 saturated heterocycles. The summed E-state index contributed by atoms with van der Waals surface area (Å²) in [4.78, 5) is 13.7. The van der Waals surface area contributed by atoms with Gasteiger partial charge in [0, 0.05) is 45.1 Å². The van der Waals surface area contributed by atoms with E-state index < -0.39 is 0 Å². The van der Waals surface area contributed by atoms with Gasteiger partial charge in [0.15, 0.2) is 5.96 Å². The van der Waals surface area contributed by atoms with Gasteiger partial charge in [-0.1, -0.05) is 19.1 Å². The number of rotatable bonds is 7. The molecule has 29 heavy (non-hydrogen) atoms. The molecule has 1 fully saturated rings. The summed E-state index contributed by atoms with van der Waals surface area (Å²) in [6.45, 7) is 9.59. The lowest BCUT2D eigenvalue weighted by Gasteiger charge is -2.39. The number of benzene rings is 1. The molecule has 3 rings (SSSR count). The average molecular weight is 401 g/mol. The number of aliphatic imine (C=N–C) groups is 1. The predicted octanol–water partition coefficient (Wildman–Crippen LogP) is 3.00. The zero-order valence-corrected chi connectivity index (χ0v) is 17.8. The second-order valence-corrected chi connectivity index (χ2v) is 7.89. The van der Waals surface area contributed by atoms with Crippen molar-refractivity contribution in [2.75, 3.05) is 39.8 Å². The summed E-state index contributed by atoms with van der Waals surface area (Å²) in [7, 11) is 2.07. The van der Waals surface area contributed by atoms with Gasteiger partial charge in [0.2, 0.25) is 0 Å². The third kappa shape index (κ3) is 6.03. The normalized spacial score (nSPS) is 20.3. The number of aromatic nitrogens is 2. The van der Waals surface area contributed by atoms with Crippen LogP contribution in [-0.4, -0.2) is 65.1 Å². The van der Waals surface area contributed by atoms with Gasteiger partial charge < -0.3 is 19.7 Å². The quantitative estimate of drug-likeness (QED) is 0.573. The van der Waals surface area contributed by atoms with E-state index in [0.717, 1.165) is 57.2 Å².